The van der Waals surface area contributed by atoms with Crippen molar-refractivity contribution in [3.63, 3.8) is 0 Å². The first kappa shape index (κ1) is 15.5. The Labute approximate surface area is 127 Å². The molecule has 0 aliphatic heterocycles. The van der Waals surface area contributed by atoms with E-state index in [1.165, 1.54) is 23.9 Å². The van der Waals surface area contributed by atoms with E-state index in [9.17, 15) is 9.18 Å². The number of para-hydroxylation sites is 1. The Morgan fingerprint density at radius 3 is 2.67 bits per heavy atom. The summed E-state index contributed by atoms with van der Waals surface area (Å²) in [5.41, 5.74) is 0.709. The Kier molecular flexibility index (Phi) is 5.78. The normalized spacial score (nSPS) is 10.4. The number of carbonyl (C=O) groups is 1. The number of methoxy groups -OCH3 is 1. The van der Waals surface area contributed by atoms with E-state index >= 15 is 0 Å². The molecule has 3 nitrogen and oxygen atoms in total. The van der Waals surface area contributed by atoms with Crippen LogP contribution in [0.1, 0.15) is 10.4 Å². The standard InChI is InChI=1S/C16H16FNO2S/c1-20-10-11-21-15-9-5-2-6-12(15)16(19)18-14-8-4-3-7-13(14)17/h2-9H,10-11H2,1H3,(H,18,19). The van der Waals surface area contributed by atoms with Crippen molar-refractivity contribution in [1.29, 1.82) is 0 Å². The van der Waals surface area contributed by atoms with Crippen molar-refractivity contribution in [3.05, 3.63) is 59.9 Å². The molecule has 0 saturated carbocycles. The summed E-state index contributed by atoms with van der Waals surface area (Å²) in [6, 6.07) is 13.4. The number of thioether (sulfide) groups is 1. The number of halogens is 1. The lowest BCUT2D eigenvalue weighted by molar-refractivity contribution is 0.102. The number of rotatable bonds is 6. The maximum atomic E-state index is 13.6. The third-order valence-electron chi connectivity index (χ3n) is 2.80. The van der Waals surface area contributed by atoms with Crippen LogP contribution in [0.2, 0.25) is 0 Å². The highest BCUT2D eigenvalue weighted by atomic mass is 32.2. The van der Waals surface area contributed by atoms with Crippen LogP contribution >= 0.6 is 11.8 Å². The molecule has 110 valence electrons. The van der Waals surface area contributed by atoms with Crippen molar-refractivity contribution in [2.24, 2.45) is 0 Å². The number of hydrogen-bond donors (Lipinski definition) is 1. The van der Waals surface area contributed by atoms with Crippen LogP contribution in [-0.4, -0.2) is 25.4 Å². The van der Waals surface area contributed by atoms with Crippen LogP contribution < -0.4 is 5.32 Å². The molecule has 0 saturated heterocycles. The molecule has 2 aromatic rings. The zero-order chi connectivity index (χ0) is 15.1. The summed E-state index contributed by atoms with van der Waals surface area (Å²) >= 11 is 1.54. The second-order valence-corrected chi connectivity index (χ2v) is 5.41. The first-order valence-corrected chi connectivity index (χ1v) is 7.47. The van der Waals surface area contributed by atoms with Crippen molar-refractivity contribution in [1.82, 2.24) is 0 Å². The Hall–Kier alpha value is -1.85. The smallest absolute Gasteiger partial charge is 0.256 e. The Morgan fingerprint density at radius 2 is 1.90 bits per heavy atom. The third kappa shape index (κ3) is 4.31. The first-order chi connectivity index (χ1) is 10.2. The summed E-state index contributed by atoms with van der Waals surface area (Å²) < 4.78 is 18.6. The van der Waals surface area contributed by atoms with E-state index in [4.69, 9.17) is 4.74 Å². The highest BCUT2D eigenvalue weighted by Crippen LogP contribution is 2.24. The maximum Gasteiger partial charge on any atom is 0.256 e. The lowest BCUT2D eigenvalue weighted by atomic mass is 10.2. The molecule has 1 N–H and O–H groups in total. The molecule has 2 aromatic carbocycles. The Balaban J connectivity index is 2.13. The van der Waals surface area contributed by atoms with Gasteiger partial charge in [-0.05, 0) is 24.3 Å². The predicted octanol–water partition coefficient (Wildman–Crippen LogP) is 3.82. The van der Waals surface area contributed by atoms with E-state index in [0.717, 1.165) is 10.6 Å². The molecule has 0 atom stereocenters. The van der Waals surface area contributed by atoms with E-state index in [0.29, 0.717) is 12.2 Å². The van der Waals surface area contributed by atoms with E-state index in [1.54, 1.807) is 31.4 Å². The number of nitrogens with one attached hydrogen (secondary N) is 1. The first-order valence-electron chi connectivity index (χ1n) is 6.49. The lowest BCUT2D eigenvalue weighted by Crippen LogP contribution is -2.14. The summed E-state index contributed by atoms with van der Waals surface area (Å²) in [7, 11) is 1.64. The molecule has 1 amide bonds. The van der Waals surface area contributed by atoms with E-state index < -0.39 is 5.82 Å². The molecule has 5 heteroatoms. The van der Waals surface area contributed by atoms with Crippen LogP contribution in [0.4, 0.5) is 10.1 Å². The minimum Gasteiger partial charge on any atom is -0.384 e. The number of anilines is 1. The third-order valence-corrected chi connectivity index (χ3v) is 3.84. The van der Waals surface area contributed by atoms with Gasteiger partial charge in [-0.15, -0.1) is 11.8 Å². The van der Waals surface area contributed by atoms with E-state index in [2.05, 4.69) is 5.32 Å². The van der Waals surface area contributed by atoms with Crippen LogP contribution in [0.5, 0.6) is 0 Å². The van der Waals surface area contributed by atoms with Gasteiger partial charge in [-0.25, -0.2) is 4.39 Å². The van der Waals surface area contributed by atoms with Crippen LogP contribution in [-0.2, 0) is 4.74 Å². The van der Waals surface area contributed by atoms with Gasteiger partial charge in [0.05, 0.1) is 17.9 Å². The largest absolute Gasteiger partial charge is 0.384 e. The fraction of sp³-hybridized carbons (Fsp3) is 0.188. The molecular weight excluding hydrogens is 289 g/mol. The summed E-state index contributed by atoms with van der Waals surface area (Å²) in [4.78, 5) is 13.1. The van der Waals surface area contributed by atoms with Crippen molar-refractivity contribution in [2.45, 2.75) is 4.90 Å². The molecule has 0 aromatic heterocycles. The van der Waals surface area contributed by atoms with Gasteiger partial charge >= 0.3 is 0 Å². The molecule has 21 heavy (non-hydrogen) atoms. The molecule has 0 heterocycles. The summed E-state index contributed by atoms with van der Waals surface area (Å²) in [5.74, 6) is -0.0171. The van der Waals surface area contributed by atoms with Gasteiger partial charge in [-0.3, -0.25) is 4.79 Å². The number of ether oxygens (including phenoxy) is 1. The van der Waals surface area contributed by atoms with E-state index in [1.807, 2.05) is 12.1 Å². The Bertz CT molecular complexity index is 619. The van der Waals surface area contributed by atoms with Gasteiger partial charge in [0, 0.05) is 17.8 Å². The fourth-order valence-corrected chi connectivity index (χ4v) is 2.73. The number of hydrogen-bond acceptors (Lipinski definition) is 3. The second kappa shape index (κ2) is 7.81. The molecule has 2 rings (SSSR count). The quantitative estimate of drug-likeness (QED) is 0.651. The molecule has 0 radical (unpaired) electrons. The Morgan fingerprint density at radius 1 is 1.19 bits per heavy atom. The van der Waals surface area contributed by atoms with E-state index in [-0.39, 0.29) is 11.6 Å². The minimum atomic E-state index is -0.449. The number of benzene rings is 2. The highest BCUT2D eigenvalue weighted by molar-refractivity contribution is 7.99. The maximum absolute atomic E-state index is 13.6. The SMILES string of the molecule is COCCSc1ccccc1C(=O)Nc1ccccc1F. The van der Waals surface area contributed by atoms with Crippen molar-refractivity contribution in [2.75, 3.05) is 24.8 Å². The molecule has 0 fully saturated rings. The lowest BCUT2D eigenvalue weighted by Gasteiger charge is -2.10. The molecule has 0 aliphatic rings. The fourth-order valence-electron chi connectivity index (χ4n) is 1.77. The van der Waals surface area contributed by atoms with Crippen LogP contribution in [0.25, 0.3) is 0 Å². The van der Waals surface area contributed by atoms with Crippen LogP contribution in [0.3, 0.4) is 0 Å². The zero-order valence-electron chi connectivity index (χ0n) is 11.6. The van der Waals surface area contributed by atoms with Gasteiger partial charge in [0.15, 0.2) is 0 Å². The monoisotopic (exact) mass is 305 g/mol. The predicted molar refractivity (Wildman–Crippen MR) is 83.4 cm³/mol. The molecule has 0 bridgehead atoms. The topological polar surface area (TPSA) is 38.3 Å². The highest BCUT2D eigenvalue weighted by Gasteiger charge is 2.13. The average Bonchev–Trinajstić information content (AvgIpc) is 2.50. The molecule has 0 spiro atoms. The van der Waals surface area contributed by atoms with Crippen molar-refractivity contribution in [3.8, 4) is 0 Å². The van der Waals surface area contributed by atoms with Gasteiger partial charge in [-0.2, -0.15) is 0 Å². The molecule has 0 unspecified atom stereocenters. The van der Waals surface area contributed by atoms with Crippen LogP contribution in [0, 0.1) is 5.82 Å². The molecule has 0 aliphatic carbocycles. The number of amides is 1. The number of carbonyl (C=O) groups excluding carboxylic acids is 1. The van der Waals surface area contributed by atoms with Crippen LogP contribution in [0.15, 0.2) is 53.4 Å². The summed E-state index contributed by atoms with van der Waals surface area (Å²) in [6.07, 6.45) is 0. The van der Waals surface area contributed by atoms with Crippen molar-refractivity contribution < 1.29 is 13.9 Å². The van der Waals surface area contributed by atoms with Gasteiger partial charge in [-0.1, -0.05) is 24.3 Å². The van der Waals surface area contributed by atoms with Gasteiger partial charge in [0.25, 0.3) is 5.91 Å². The minimum absolute atomic E-state index is 0.180. The average molecular weight is 305 g/mol. The zero-order valence-corrected chi connectivity index (χ0v) is 12.5. The summed E-state index contributed by atoms with van der Waals surface area (Å²) in [5, 5.41) is 2.60. The van der Waals surface area contributed by atoms with Crippen molar-refractivity contribution >= 4 is 23.4 Å². The van der Waals surface area contributed by atoms with Gasteiger partial charge in [0.2, 0.25) is 0 Å². The molecular formula is C16H16FNO2S. The van der Waals surface area contributed by atoms with Gasteiger partial charge in [0.1, 0.15) is 5.82 Å². The summed E-state index contributed by atoms with van der Waals surface area (Å²) in [6.45, 7) is 0.605. The van der Waals surface area contributed by atoms with Gasteiger partial charge < -0.3 is 10.1 Å². The second-order valence-electron chi connectivity index (χ2n) is 4.27.